The van der Waals surface area contributed by atoms with Crippen LogP contribution >= 0.6 is 15.6 Å². The minimum atomic E-state index is -5.39. The van der Waals surface area contributed by atoms with Crippen LogP contribution < -0.4 is 0 Å². The fraction of sp³-hybridized carbons (Fsp3) is 0.608. The van der Waals surface area contributed by atoms with Crippen molar-refractivity contribution in [1.29, 1.82) is 0 Å². The van der Waals surface area contributed by atoms with E-state index in [1.165, 1.54) is 19.3 Å². The Kier molecular flexibility index (Phi) is 37.1. The average Bonchev–Trinajstić information content (AvgIpc) is 3.31. The van der Waals surface area contributed by atoms with Crippen molar-refractivity contribution in [2.24, 2.45) is 0 Å². The Labute approximate surface area is 415 Å². The predicted octanol–water partition coefficient (Wildman–Crippen LogP) is 8.70. The summed E-state index contributed by atoms with van der Waals surface area (Å²) >= 11 is 0. The van der Waals surface area contributed by atoms with E-state index in [9.17, 15) is 58.9 Å². The predicted molar refractivity (Wildman–Crippen MR) is 270 cm³/mol. The fourth-order valence-corrected chi connectivity index (χ4v) is 8.09. The van der Waals surface area contributed by atoms with Crippen molar-refractivity contribution in [3.8, 4) is 0 Å². The summed E-state index contributed by atoms with van der Waals surface area (Å²) in [6.07, 6.45) is 35.3. The third-order valence-electron chi connectivity index (χ3n) is 10.4. The van der Waals surface area contributed by atoms with E-state index in [1.807, 2.05) is 72.9 Å². The second-order valence-corrected chi connectivity index (χ2v) is 19.2. The Morgan fingerprint density at radius 3 is 1.47 bits per heavy atom. The molecule has 70 heavy (non-hydrogen) atoms. The zero-order chi connectivity index (χ0) is 51.9. The number of unbranched alkanes of at least 4 members (excludes halogenated alkanes) is 5. The number of ether oxygens (including phenoxy) is 2. The number of hydrogen-bond donors (Lipinski definition) is 8. The van der Waals surface area contributed by atoms with Crippen LogP contribution in [0.25, 0.3) is 0 Å². The van der Waals surface area contributed by atoms with Gasteiger partial charge in [0.2, 0.25) is 0 Å². The summed E-state index contributed by atoms with van der Waals surface area (Å²) in [6.45, 7) is 2.81. The largest absolute Gasteiger partial charge is 0.472 e. The van der Waals surface area contributed by atoms with Gasteiger partial charge in [-0.15, -0.1) is 0 Å². The standard InChI is InChI=1S/C51H82O17P2/c1-3-5-7-8-9-10-11-12-13-14-15-16-17-18-22-25-28-31-34-38-44(53)64-40-43(41-65-70(62,63)68-51-48(57)46(55)47(56)50(49(51)58)67-69(59,60)61)66-45(54)39-35-32-29-26-23-20-19-21-24-27-30-33-37-42(52)36-6-4-2/h9-10,12-13,15-16,18-20,22,24,26-29,31,33,37,42-43,46-52,55-58H,3-8,11,14,17,21,23,25,30,32,34-36,38-41H2,1-2H3,(H,62,63)(H2,59,60,61)/b10-9-,13-12-,16-15-,20-19-,22-18-,27-24-,29-26-,31-28-,37-33-/t42-,43-,46?,47?,48?,49?,50-,51+/m1/s1. The van der Waals surface area contributed by atoms with E-state index in [1.54, 1.807) is 0 Å². The highest BCUT2D eigenvalue weighted by molar-refractivity contribution is 7.47. The van der Waals surface area contributed by atoms with Crippen LogP contribution in [0, 0.1) is 0 Å². The molecule has 0 aliphatic heterocycles. The smallest absolute Gasteiger partial charge is 0.462 e. The number of rotatable bonds is 39. The van der Waals surface area contributed by atoms with Gasteiger partial charge in [-0.3, -0.25) is 23.2 Å². The van der Waals surface area contributed by atoms with Crippen molar-refractivity contribution < 1.29 is 82.0 Å². The molecule has 19 heteroatoms. The molecule has 8 N–H and O–H groups in total. The van der Waals surface area contributed by atoms with E-state index in [0.717, 1.165) is 57.8 Å². The van der Waals surface area contributed by atoms with Crippen LogP contribution in [0.1, 0.15) is 136 Å². The quantitative estimate of drug-likeness (QED) is 0.0124. The molecule has 17 nitrogen and oxygen atoms in total. The van der Waals surface area contributed by atoms with E-state index in [0.29, 0.717) is 32.1 Å². The van der Waals surface area contributed by atoms with Crippen molar-refractivity contribution in [2.75, 3.05) is 13.2 Å². The molecule has 0 spiro atoms. The van der Waals surface area contributed by atoms with Crippen molar-refractivity contribution in [2.45, 2.75) is 185 Å². The molecule has 0 aromatic rings. The van der Waals surface area contributed by atoms with Gasteiger partial charge in [0.25, 0.3) is 0 Å². The second kappa shape index (κ2) is 40.1. The molecule has 0 radical (unpaired) electrons. The van der Waals surface area contributed by atoms with Gasteiger partial charge in [0, 0.05) is 12.8 Å². The molecule has 0 aromatic carbocycles. The number of hydrogen-bond acceptors (Lipinski definition) is 14. The van der Waals surface area contributed by atoms with Crippen molar-refractivity contribution in [3.63, 3.8) is 0 Å². The molecular weight excluding hydrogens is 946 g/mol. The molecule has 1 aliphatic rings. The molecule has 398 valence electrons. The molecule has 5 unspecified atom stereocenters. The summed E-state index contributed by atoms with van der Waals surface area (Å²) in [5, 5.41) is 51.1. The average molecular weight is 1030 g/mol. The Morgan fingerprint density at radius 2 is 0.971 bits per heavy atom. The molecule has 1 saturated carbocycles. The summed E-state index contributed by atoms with van der Waals surface area (Å²) < 4.78 is 49.2. The van der Waals surface area contributed by atoms with Gasteiger partial charge in [-0.25, -0.2) is 9.13 Å². The second-order valence-electron chi connectivity index (χ2n) is 16.6. The number of allylic oxidation sites excluding steroid dienone is 17. The van der Waals surface area contributed by atoms with Gasteiger partial charge < -0.3 is 49.7 Å². The zero-order valence-corrected chi connectivity index (χ0v) is 42.8. The number of phosphoric ester groups is 2. The minimum absolute atomic E-state index is 0.0292. The van der Waals surface area contributed by atoms with Crippen LogP contribution in [0.3, 0.4) is 0 Å². The van der Waals surface area contributed by atoms with Gasteiger partial charge >= 0.3 is 27.6 Å². The Hall–Kier alpha value is -3.38. The summed E-state index contributed by atoms with van der Waals surface area (Å²) in [7, 11) is -10.7. The molecule has 1 aliphatic carbocycles. The number of phosphoric acid groups is 2. The van der Waals surface area contributed by atoms with Gasteiger partial charge in [0.15, 0.2) is 6.10 Å². The molecule has 0 amide bonds. The maximum atomic E-state index is 13.0. The normalized spacial score (nSPS) is 22.4. The first-order valence-corrected chi connectivity index (χ1v) is 27.6. The third kappa shape index (κ3) is 34.1. The first-order valence-electron chi connectivity index (χ1n) is 24.5. The van der Waals surface area contributed by atoms with Crippen LogP contribution in [0.15, 0.2) is 109 Å². The van der Waals surface area contributed by atoms with Crippen molar-refractivity contribution >= 4 is 27.6 Å². The van der Waals surface area contributed by atoms with Crippen LogP contribution in [-0.4, -0.2) is 114 Å². The number of aliphatic hydroxyl groups is 5. The van der Waals surface area contributed by atoms with E-state index in [-0.39, 0.29) is 12.8 Å². The zero-order valence-electron chi connectivity index (χ0n) is 41.0. The topological polar surface area (TPSA) is 276 Å². The number of esters is 2. The molecule has 0 bridgehead atoms. The van der Waals surface area contributed by atoms with Gasteiger partial charge in [0.05, 0.1) is 12.7 Å². The number of carbonyl (C=O) groups is 2. The highest BCUT2D eigenvalue weighted by Gasteiger charge is 2.54. The highest BCUT2D eigenvalue weighted by atomic mass is 31.2. The molecule has 0 heterocycles. The molecule has 0 aromatic heterocycles. The maximum Gasteiger partial charge on any atom is 0.472 e. The SMILES string of the molecule is CCCCC/C=C\C/C=C\C/C=C\C/C=C\C/C=C\CCC(=O)OC[C@H](COP(=O)(O)O[C@H]1C(O)C(O)C(O)[C@@H](OP(=O)(O)O)C1O)OC(=O)CCC/C=C\C/C=C\C/C=C\C/C=C\[C@H](O)CCCC. The van der Waals surface area contributed by atoms with E-state index >= 15 is 0 Å². The summed E-state index contributed by atoms with van der Waals surface area (Å²) in [4.78, 5) is 54.3. The van der Waals surface area contributed by atoms with Crippen molar-refractivity contribution in [3.05, 3.63) is 109 Å². The van der Waals surface area contributed by atoms with E-state index in [2.05, 4.69) is 54.8 Å². The van der Waals surface area contributed by atoms with Gasteiger partial charge in [-0.1, -0.05) is 149 Å². The Morgan fingerprint density at radius 1 is 0.514 bits per heavy atom. The number of aliphatic hydroxyl groups excluding tert-OH is 5. The molecule has 0 saturated heterocycles. The molecular formula is C51H82O17P2. The molecule has 9 atom stereocenters. The van der Waals surface area contributed by atoms with Crippen LogP contribution in [0.2, 0.25) is 0 Å². The lowest BCUT2D eigenvalue weighted by Crippen LogP contribution is -2.64. The van der Waals surface area contributed by atoms with Crippen LogP contribution in [0.5, 0.6) is 0 Å². The summed E-state index contributed by atoms with van der Waals surface area (Å²) in [6, 6.07) is 0. The lowest BCUT2D eigenvalue weighted by molar-refractivity contribution is -0.216. The lowest BCUT2D eigenvalue weighted by atomic mass is 9.85. The third-order valence-corrected chi connectivity index (χ3v) is 11.9. The molecule has 1 rings (SSSR count). The first kappa shape index (κ1) is 64.6. The highest BCUT2D eigenvalue weighted by Crippen LogP contribution is 2.49. The lowest BCUT2D eigenvalue weighted by Gasteiger charge is -2.43. The minimum Gasteiger partial charge on any atom is -0.462 e. The van der Waals surface area contributed by atoms with E-state index < -0.39 is 89.6 Å². The summed E-state index contributed by atoms with van der Waals surface area (Å²) in [5.74, 6) is -1.40. The maximum absolute atomic E-state index is 13.0. The van der Waals surface area contributed by atoms with Crippen LogP contribution in [0.4, 0.5) is 0 Å². The Balaban J connectivity index is 2.69. The van der Waals surface area contributed by atoms with Gasteiger partial charge in [0.1, 0.15) is 43.2 Å². The van der Waals surface area contributed by atoms with Crippen molar-refractivity contribution in [1.82, 2.24) is 0 Å². The van der Waals surface area contributed by atoms with Gasteiger partial charge in [-0.2, -0.15) is 0 Å². The fourth-order valence-electron chi connectivity index (χ4n) is 6.55. The van der Waals surface area contributed by atoms with E-state index in [4.69, 9.17) is 18.5 Å². The first-order chi connectivity index (χ1) is 33.5. The number of carbonyl (C=O) groups excluding carboxylic acids is 2. The Bertz CT molecular complexity index is 1780. The monoisotopic (exact) mass is 1030 g/mol. The van der Waals surface area contributed by atoms with Crippen LogP contribution in [-0.2, 0) is 41.8 Å². The molecule has 1 fully saturated rings. The summed E-state index contributed by atoms with van der Waals surface area (Å²) in [5.41, 5.74) is 0. The van der Waals surface area contributed by atoms with Gasteiger partial charge in [-0.05, 0) is 83.5 Å².